The minimum atomic E-state index is -0.181. The van der Waals surface area contributed by atoms with Gasteiger partial charge in [0.25, 0.3) is 0 Å². The molecule has 0 spiro atoms. The van der Waals surface area contributed by atoms with E-state index in [1.807, 2.05) is 24.3 Å². The molecule has 0 amide bonds. The highest BCUT2D eigenvalue weighted by Crippen LogP contribution is 2.32. The molecule has 1 saturated carbocycles. The molecule has 2 aliphatic rings. The van der Waals surface area contributed by atoms with Crippen molar-refractivity contribution in [2.24, 2.45) is 5.92 Å². The summed E-state index contributed by atoms with van der Waals surface area (Å²) in [5.74, 6) is 1.87. The fraction of sp³-hybridized carbons (Fsp3) is 0.667. The topological polar surface area (TPSA) is 51.2 Å². The van der Waals surface area contributed by atoms with Gasteiger partial charge in [-0.25, -0.2) is 0 Å². The molecule has 5 heteroatoms. The third-order valence-corrected chi connectivity index (χ3v) is 5.01. The minimum absolute atomic E-state index is 0.181. The SMILES string of the molecule is COc1ccccc1OCCN1CCOCC1C1CCCC1O. The number of aliphatic hydroxyl groups excluding tert-OH is 1. The van der Waals surface area contributed by atoms with Crippen LogP contribution in [0.3, 0.4) is 0 Å². The number of para-hydroxylation sites is 2. The van der Waals surface area contributed by atoms with E-state index in [1.165, 1.54) is 0 Å². The van der Waals surface area contributed by atoms with Crippen LogP contribution in [0.4, 0.5) is 0 Å². The Kier molecular flexibility index (Phi) is 5.75. The number of methoxy groups -OCH3 is 1. The van der Waals surface area contributed by atoms with Gasteiger partial charge >= 0.3 is 0 Å². The van der Waals surface area contributed by atoms with E-state index in [2.05, 4.69) is 4.90 Å². The molecule has 3 unspecified atom stereocenters. The van der Waals surface area contributed by atoms with Crippen LogP contribution in [0.25, 0.3) is 0 Å². The average Bonchev–Trinajstić information content (AvgIpc) is 3.01. The summed E-state index contributed by atoms with van der Waals surface area (Å²) >= 11 is 0. The Morgan fingerprint density at radius 1 is 1.26 bits per heavy atom. The molecule has 3 atom stereocenters. The zero-order chi connectivity index (χ0) is 16.1. The van der Waals surface area contributed by atoms with E-state index >= 15 is 0 Å². The van der Waals surface area contributed by atoms with Crippen molar-refractivity contribution >= 4 is 0 Å². The van der Waals surface area contributed by atoms with Crippen LogP contribution in [-0.2, 0) is 4.74 Å². The maximum atomic E-state index is 10.2. The van der Waals surface area contributed by atoms with Gasteiger partial charge in [-0.2, -0.15) is 0 Å². The summed E-state index contributed by atoms with van der Waals surface area (Å²) in [6.07, 6.45) is 2.96. The maximum Gasteiger partial charge on any atom is 0.161 e. The Balaban J connectivity index is 1.55. The van der Waals surface area contributed by atoms with Crippen molar-refractivity contribution in [1.82, 2.24) is 4.90 Å². The summed E-state index contributed by atoms with van der Waals surface area (Å²) in [6, 6.07) is 8.02. The lowest BCUT2D eigenvalue weighted by Crippen LogP contribution is -2.52. The van der Waals surface area contributed by atoms with Crippen LogP contribution >= 0.6 is 0 Å². The number of aliphatic hydroxyl groups is 1. The molecule has 1 heterocycles. The van der Waals surface area contributed by atoms with Crippen LogP contribution < -0.4 is 9.47 Å². The van der Waals surface area contributed by atoms with Gasteiger partial charge in [-0.15, -0.1) is 0 Å². The number of ether oxygens (including phenoxy) is 3. The number of morpholine rings is 1. The highest BCUT2D eigenvalue weighted by Gasteiger charge is 2.37. The molecule has 0 aromatic heterocycles. The van der Waals surface area contributed by atoms with Crippen molar-refractivity contribution in [1.29, 1.82) is 0 Å². The van der Waals surface area contributed by atoms with Crippen LogP contribution in [0.5, 0.6) is 11.5 Å². The van der Waals surface area contributed by atoms with E-state index in [0.717, 1.165) is 57.1 Å². The summed E-state index contributed by atoms with van der Waals surface area (Å²) < 4.78 is 16.9. The van der Waals surface area contributed by atoms with E-state index in [0.29, 0.717) is 18.6 Å². The first-order valence-electron chi connectivity index (χ1n) is 8.55. The Labute approximate surface area is 138 Å². The number of hydrogen-bond acceptors (Lipinski definition) is 5. The van der Waals surface area contributed by atoms with Crippen molar-refractivity contribution < 1.29 is 19.3 Å². The van der Waals surface area contributed by atoms with Crippen LogP contribution in [0, 0.1) is 5.92 Å². The van der Waals surface area contributed by atoms with E-state index in [9.17, 15) is 5.11 Å². The van der Waals surface area contributed by atoms with Crippen LogP contribution in [0.2, 0.25) is 0 Å². The van der Waals surface area contributed by atoms with Crippen molar-refractivity contribution in [3.8, 4) is 11.5 Å². The summed E-state index contributed by atoms with van der Waals surface area (Å²) in [6.45, 7) is 3.84. The normalized spacial score (nSPS) is 28.7. The molecular weight excluding hydrogens is 294 g/mol. The van der Waals surface area contributed by atoms with Crippen LogP contribution in [0.15, 0.2) is 24.3 Å². The molecule has 1 aliphatic carbocycles. The van der Waals surface area contributed by atoms with Gasteiger partial charge in [-0.1, -0.05) is 18.6 Å². The highest BCUT2D eigenvalue weighted by molar-refractivity contribution is 5.39. The summed E-state index contributed by atoms with van der Waals surface area (Å²) in [7, 11) is 1.65. The molecule has 5 nitrogen and oxygen atoms in total. The van der Waals surface area contributed by atoms with Crippen molar-refractivity contribution in [3.05, 3.63) is 24.3 Å². The third kappa shape index (κ3) is 3.97. The molecule has 1 aromatic rings. The van der Waals surface area contributed by atoms with E-state index < -0.39 is 0 Å². The second kappa shape index (κ2) is 7.99. The molecule has 1 saturated heterocycles. The standard InChI is InChI=1S/C18H27NO4/c1-21-17-7-2-3-8-18(17)23-12-10-19-9-11-22-13-15(19)14-5-4-6-16(14)20/h2-3,7-8,14-16,20H,4-6,9-13H2,1H3. The van der Waals surface area contributed by atoms with E-state index in [1.54, 1.807) is 7.11 Å². The van der Waals surface area contributed by atoms with Gasteiger partial charge in [-0.05, 0) is 25.0 Å². The number of benzene rings is 1. The molecule has 1 aromatic carbocycles. The molecule has 128 valence electrons. The van der Waals surface area contributed by atoms with Gasteiger partial charge in [0.1, 0.15) is 6.61 Å². The average molecular weight is 321 g/mol. The van der Waals surface area contributed by atoms with E-state index in [4.69, 9.17) is 14.2 Å². The largest absolute Gasteiger partial charge is 0.493 e. The van der Waals surface area contributed by atoms with Crippen molar-refractivity contribution in [2.75, 3.05) is 40.0 Å². The van der Waals surface area contributed by atoms with Crippen molar-refractivity contribution in [3.63, 3.8) is 0 Å². The monoisotopic (exact) mass is 321 g/mol. The lowest BCUT2D eigenvalue weighted by atomic mass is 9.94. The molecule has 3 rings (SSSR count). The molecule has 1 aliphatic heterocycles. The smallest absolute Gasteiger partial charge is 0.161 e. The zero-order valence-corrected chi connectivity index (χ0v) is 13.8. The van der Waals surface area contributed by atoms with Gasteiger partial charge < -0.3 is 19.3 Å². The third-order valence-electron chi connectivity index (χ3n) is 5.01. The quantitative estimate of drug-likeness (QED) is 0.868. The first kappa shape index (κ1) is 16.6. The van der Waals surface area contributed by atoms with E-state index in [-0.39, 0.29) is 6.10 Å². The lowest BCUT2D eigenvalue weighted by Gasteiger charge is -2.40. The summed E-state index contributed by atoms with van der Waals surface area (Å²) in [4.78, 5) is 2.41. The van der Waals surface area contributed by atoms with Crippen LogP contribution in [0.1, 0.15) is 19.3 Å². The second-order valence-corrected chi connectivity index (χ2v) is 6.34. The Morgan fingerprint density at radius 2 is 2.09 bits per heavy atom. The molecule has 0 radical (unpaired) electrons. The van der Waals surface area contributed by atoms with Crippen molar-refractivity contribution in [2.45, 2.75) is 31.4 Å². The van der Waals surface area contributed by atoms with Gasteiger partial charge in [0.2, 0.25) is 0 Å². The van der Waals surface area contributed by atoms with Crippen LogP contribution in [-0.4, -0.2) is 62.2 Å². The first-order valence-corrected chi connectivity index (χ1v) is 8.55. The van der Waals surface area contributed by atoms with Gasteiger partial charge in [-0.3, -0.25) is 4.90 Å². The number of hydrogen-bond donors (Lipinski definition) is 1. The van der Waals surface area contributed by atoms with Gasteiger partial charge in [0.05, 0.1) is 26.4 Å². The fourth-order valence-electron chi connectivity index (χ4n) is 3.76. The maximum absolute atomic E-state index is 10.2. The zero-order valence-electron chi connectivity index (χ0n) is 13.8. The highest BCUT2D eigenvalue weighted by atomic mass is 16.5. The molecule has 1 N–H and O–H groups in total. The van der Waals surface area contributed by atoms with Gasteiger partial charge in [0.15, 0.2) is 11.5 Å². The number of nitrogens with zero attached hydrogens (tertiary/aromatic N) is 1. The first-order chi connectivity index (χ1) is 11.3. The molecule has 2 fully saturated rings. The Bertz CT molecular complexity index is 496. The minimum Gasteiger partial charge on any atom is -0.493 e. The molecule has 23 heavy (non-hydrogen) atoms. The summed E-state index contributed by atoms with van der Waals surface area (Å²) in [5.41, 5.74) is 0. The molecular formula is C18H27NO4. The Morgan fingerprint density at radius 3 is 2.83 bits per heavy atom. The number of rotatable bonds is 6. The fourth-order valence-corrected chi connectivity index (χ4v) is 3.76. The predicted molar refractivity (Wildman–Crippen MR) is 88.0 cm³/mol. The molecule has 0 bridgehead atoms. The second-order valence-electron chi connectivity index (χ2n) is 6.34. The Hall–Kier alpha value is -1.30. The van der Waals surface area contributed by atoms with Gasteiger partial charge in [0, 0.05) is 25.0 Å². The summed E-state index contributed by atoms with van der Waals surface area (Å²) in [5, 5.41) is 10.2. The predicted octanol–water partition coefficient (Wildman–Crippen LogP) is 1.94. The lowest BCUT2D eigenvalue weighted by molar-refractivity contribution is -0.0532.